The van der Waals surface area contributed by atoms with Crippen molar-refractivity contribution in [2.45, 2.75) is 27.2 Å². The molecule has 0 aromatic carbocycles. The number of aromatic nitrogens is 4. The topological polar surface area (TPSA) is 66.6 Å². The van der Waals surface area contributed by atoms with Gasteiger partial charge < -0.3 is 14.2 Å². The van der Waals surface area contributed by atoms with Crippen molar-refractivity contribution >= 4 is 17.4 Å². The third-order valence-corrected chi connectivity index (χ3v) is 5.38. The molecule has 1 saturated heterocycles. The van der Waals surface area contributed by atoms with Gasteiger partial charge in [0.15, 0.2) is 0 Å². The molecule has 0 aliphatic carbocycles. The second-order valence-corrected chi connectivity index (χ2v) is 7.09. The second kappa shape index (κ2) is 6.98. The Kier molecular flexibility index (Phi) is 4.51. The number of carbonyl (C=O) groups excluding carboxylic acids is 1. The Morgan fingerprint density at radius 3 is 2.63 bits per heavy atom. The summed E-state index contributed by atoms with van der Waals surface area (Å²) in [6, 6.07) is 4.02. The molecule has 7 nitrogen and oxygen atoms in total. The Morgan fingerprint density at radius 1 is 1.07 bits per heavy atom. The number of piperazine rings is 1. The molecule has 0 saturated carbocycles. The Labute approximate surface area is 158 Å². The van der Waals surface area contributed by atoms with E-state index >= 15 is 0 Å². The molecule has 0 atom stereocenters. The van der Waals surface area contributed by atoms with Crippen LogP contribution < -0.4 is 4.90 Å². The molecule has 4 heterocycles. The van der Waals surface area contributed by atoms with E-state index in [4.69, 9.17) is 0 Å². The SMILES string of the molecule is Cc1ncnc(N2CCN(C(=O)Cc3cnc4c(C)cccn34)CC2)c1C. The summed E-state index contributed by atoms with van der Waals surface area (Å²) in [6.07, 6.45) is 5.76. The molecule has 140 valence electrons. The first kappa shape index (κ1) is 17.5. The average Bonchev–Trinajstić information content (AvgIpc) is 3.08. The van der Waals surface area contributed by atoms with Gasteiger partial charge in [-0.1, -0.05) is 6.07 Å². The maximum Gasteiger partial charge on any atom is 0.228 e. The lowest BCUT2D eigenvalue weighted by Gasteiger charge is -2.36. The molecule has 0 N–H and O–H groups in total. The zero-order chi connectivity index (χ0) is 19.0. The van der Waals surface area contributed by atoms with Crippen LogP contribution >= 0.6 is 0 Å². The zero-order valence-electron chi connectivity index (χ0n) is 16.0. The summed E-state index contributed by atoms with van der Waals surface area (Å²) < 4.78 is 2.01. The van der Waals surface area contributed by atoms with Crippen LogP contribution in [0.15, 0.2) is 30.9 Å². The molecule has 0 spiro atoms. The van der Waals surface area contributed by atoms with Crippen molar-refractivity contribution in [2.24, 2.45) is 0 Å². The lowest BCUT2D eigenvalue weighted by atomic mass is 10.2. The highest BCUT2D eigenvalue weighted by molar-refractivity contribution is 5.79. The first-order valence-corrected chi connectivity index (χ1v) is 9.27. The van der Waals surface area contributed by atoms with Crippen LogP contribution in [0.2, 0.25) is 0 Å². The molecule has 1 amide bonds. The fraction of sp³-hybridized carbons (Fsp3) is 0.400. The van der Waals surface area contributed by atoms with E-state index in [2.05, 4.69) is 26.8 Å². The van der Waals surface area contributed by atoms with E-state index in [9.17, 15) is 4.79 Å². The minimum atomic E-state index is 0.147. The molecule has 4 rings (SSSR count). The first-order chi connectivity index (χ1) is 13.0. The standard InChI is InChI=1S/C20H24N6O/c1-14-5-4-6-26-17(12-21-19(14)26)11-18(27)24-7-9-25(10-8-24)20-15(2)16(3)22-13-23-20/h4-6,12-13H,7-11H2,1-3H3. The van der Waals surface area contributed by atoms with Crippen molar-refractivity contribution in [1.82, 2.24) is 24.3 Å². The second-order valence-electron chi connectivity index (χ2n) is 7.09. The summed E-state index contributed by atoms with van der Waals surface area (Å²) in [5.41, 5.74) is 5.07. The van der Waals surface area contributed by atoms with Crippen LogP contribution in [0.3, 0.4) is 0 Å². The molecule has 3 aromatic heterocycles. The number of fused-ring (bicyclic) bond motifs is 1. The van der Waals surface area contributed by atoms with E-state index in [-0.39, 0.29) is 5.91 Å². The van der Waals surface area contributed by atoms with Crippen molar-refractivity contribution in [2.75, 3.05) is 31.1 Å². The number of pyridine rings is 1. The molecule has 1 fully saturated rings. The Hall–Kier alpha value is -2.96. The average molecular weight is 364 g/mol. The summed E-state index contributed by atoms with van der Waals surface area (Å²) in [5.74, 6) is 1.13. The van der Waals surface area contributed by atoms with Crippen LogP contribution in [-0.2, 0) is 11.2 Å². The molecule has 0 radical (unpaired) electrons. The van der Waals surface area contributed by atoms with Gasteiger partial charge in [0.1, 0.15) is 17.8 Å². The van der Waals surface area contributed by atoms with E-state index in [0.717, 1.165) is 47.1 Å². The lowest BCUT2D eigenvalue weighted by Crippen LogP contribution is -2.49. The highest BCUT2D eigenvalue weighted by atomic mass is 16.2. The number of rotatable bonds is 3. The van der Waals surface area contributed by atoms with Gasteiger partial charge in [-0.2, -0.15) is 0 Å². The van der Waals surface area contributed by atoms with Crippen LogP contribution in [0.25, 0.3) is 5.65 Å². The Bertz CT molecular complexity index is 987. The van der Waals surface area contributed by atoms with Crippen molar-refractivity contribution in [3.63, 3.8) is 0 Å². The Morgan fingerprint density at radius 2 is 1.85 bits per heavy atom. The number of carbonyl (C=O) groups is 1. The monoisotopic (exact) mass is 364 g/mol. The number of imidazole rings is 1. The molecule has 1 aliphatic heterocycles. The number of aryl methyl sites for hydroxylation is 2. The smallest absolute Gasteiger partial charge is 0.228 e. The van der Waals surface area contributed by atoms with Gasteiger partial charge in [0.25, 0.3) is 0 Å². The normalized spacial score (nSPS) is 14.8. The third-order valence-electron chi connectivity index (χ3n) is 5.38. The number of nitrogens with zero attached hydrogens (tertiary/aromatic N) is 6. The van der Waals surface area contributed by atoms with Crippen molar-refractivity contribution < 1.29 is 4.79 Å². The number of hydrogen-bond donors (Lipinski definition) is 0. The van der Waals surface area contributed by atoms with Gasteiger partial charge in [-0.05, 0) is 32.4 Å². The zero-order valence-corrected chi connectivity index (χ0v) is 16.0. The van der Waals surface area contributed by atoms with Gasteiger partial charge in [-0.25, -0.2) is 15.0 Å². The van der Waals surface area contributed by atoms with Crippen molar-refractivity contribution in [3.05, 3.63) is 53.4 Å². The number of hydrogen-bond acceptors (Lipinski definition) is 5. The Balaban J connectivity index is 1.43. The third kappa shape index (κ3) is 3.25. The van der Waals surface area contributed by atoms with Crippen LogP contribution in [-0.4, -0.2) is 56.3 Å². The summed E-state index contributed by atoms with van der Waals surface area (Å²) >= 11 is 0. The predicted molar refractivity (Wildman–Crippen MR) is 104 cm³/mol. The van der Waals surface area contributed by atoms with Gasteiger partial charge in [0, 0.05) is 49.8 Å². The predicted octanol–water partition coefficient (Wildman–Crippen LogP) is 1.94. The fourth-order valence-electron chi connectivity index (χ4n) is 3.61. The molecule has 7 heteroatoms. The van der Waals surface area contributed by atoms with Gasteiger partial charge in [-0.15, -0.1) is 0 Å². The van der Waals surface area contributed by atoms with Gasteiger partial charge in [0.05, 0.1) is 12.1 Å². The first-order valence-electron chi connectivity index (χ1n) is 9.27. The molecular formula is C20H24N6O. The molecule has 0 bridgehead atoms. The highest BCUT2D eigenvalue weighted by Gasteiger charge is 2.24. The maximum absolute atomic E-state index is 12.8. The minimum absolute atomic E-state index is 0.147. The highest BCUT2D eigenvalue weighted by Crippen LogP contribution is 2.20. The lowest BCUT2D eigenvalue weighted by molar-refractivity contribution is -0.130. The van der Waals surface area contributed by atoms with E-state index in [1.807, 2.05) is 47.7 Å². The van der Waals surface area contributed by atoms with Crippen LogP contribution in [0, 0.1) is 20.8 Å². The summed E-state index contributed by atoms with van der Waals surface area (Å²) in [6.45, 7) is 9.07. The van der Waals surface area contributed by atoms with Gasteiger partial charge in [-0.3, -0.25) is 4.79 Å². The summed E-state index contributed by atoms with van der Waals surface area (Å²) in [5, 5.41) is 0. The van der Waals surface area contributed by atoms with Gasteiger partial charge in [0.2, 0.25) is 5.91 Å². The molecule has 1 aliphatic rings. The van der Waals surface area contributed by atoms with Crippen molar-refractivity contribution in [3.8, 4) is 0 Å². The van der Waals surface area contributed by atoms with E-state index < -0.39 is 0 Å². The van der Waals surface area contributed by atoms with Crippen LogP contribution in [0.5, 0.6) is 0 Å². The number of anilines is 1. The molecule has 3 aromatic rings. The quantitative estimate of drug-likeness (QED) is 0.711. The van der Waals surface area contributed by atoms with Crippen molar-refractivity contribution in [1.29, 1.82) is 0 Å². The van der Waals surface area contributed by atoms with Crippen LogP contribution in [0.1, 0.15) is 22.5 Å². The van der Waals surface area contributed by atoms with E-state index in [1.165, 1.54) is 0 Å². The van der Waals surface area contributed by atoms with Gasteiger partial charge >= 0.3 is 0 Å². The molecule has 27 heavy (non-hydrogen) atoms. The number of amides is 1. The van der Waals surface area contributed by atoms with E-state index in [0.29, 0.717) is 19.5 Å². The minimum Gasteiger partial charge on any atom is -0.353 e. The molecule has 0 unspecified atom stereocenters. The van der Waals surface area contributed by atoms with Crippen LogP contribution in [0.4, 0.5) is 5.82 Å². The fourth-order valence-corrected chi connectivity index (χ4v) is 3.61. The summed E-state index contributed by atoms with van der Waals surface area (Å²) in [7, 11) is 0. The maximum atomic E-state index is 12.8. The largest absolute Gasteiger partial charge is 0.353 e. The summed E-state index contributed by atoms with van der Waals surface area (Å²) in [4.78, 5) is 30.1. The molecular weight excluding hydrogens is 340 g/mol. The van der Waals surface area contributed by atoms with E-state index in [1.54, 1.807) is 6.33 Å².